The minimum atomic E-state index is -0.329. The van der Waals surface area contributed by atoms with Gasteiger partial charge in [-0.05, 0) is 47.5 Å². The Morgan fingerprint density at radius 2 is 2.00 bits per heavy atom. The first-order valence-electron chi connectivity index (χ1n) is 6.82. The number of anilines is 1. The van der Waals surface area contributed by atoms with Crippen molar-refractivity contribution < 1.29 is 9.53 Å². The highest BCUT2D eigenvalue weighted by atomic mass is 79.9. The van der Waals surface area contributed by atoms with Gasteiger partial charge in [0.25, 0.3) is 5.56 Å². The number of ether oxygens (including phenoxy) is 1. The van der Waals surface area contributed by atoms with Crippen LogP contribution in [-0.4, -0.2) is 17.6 Å². The molecule has 0 saturated heterocycles. The quantitative estimate of drug-likeness (QED) is 0.855. The number of halogens is 2. The zero-order chi connectivity index (χ0) is 17.1. The maximum atomic E-state index is 12.2. The molecule has 1 amide bonds. The zero-order valence-electron chi connectivity index (χ0n) is 12.9. The van der Waals surface area contributed by atoms with Gasteiger partial charge >= 0.3 is 0 Å². The van der Waals surface area contributed by atoms with Crippen LogP contribution in [0, 0.1) is 13.8 Å². The van der Waals surface area contributed by atoms with E-state index in [2.05, 4.69) is 21.2 Å². The number of methoxy groups -OCH3 is 1. The van der Waals surface area contributed by atoms with Crippen LogP contribution in [0.2, 0.25) is 5.02 Å². The topological polar surface area (TPSA) is 60.3 Å². The number of hydrogen-bond acceptors (Lipinski definition) is 3. The minimum absolute atomic E-state index is 0.0933. The van der Waals surface area contributed by atoms with Crippen LogP contribution in [0.4, 0.5) is 5.69 Å². The van der Waals surface area contributed by atoms with Crippen LogP contribution in [0.25, 0.3) is 0 Å². The molecule has 23 heavy (non-hydrogen) atoms. The number of carbonyl (C=O) groups excluding carboxylic acids is 1. The maximum absolute atomic E-state index is 12.2. The lowest BCUT2D eigenvalue weighted by Gasteiger charge is -2.13. The number of nitrogens with zero attached hydrogens (tertiary/aromatic N) is 1. The van der Waals surface area contributed by atoms with E-state index in [1.165, 1.54) is 11.7 Å². The average molecular weight is 400 g/mol. The van der Waals surface area contributed by atoms with Crippen molar-refractivity contribution in [2.45, 2.75) is 20.4 Å². The van der Waals surface area contributed by atoms with Crippen molar-refractivity contribution in [3.8, 4) is 5.75 Å². The SMILES string of the molecule is COc1cc(Cl)c(C)cc1NC(=O)Cn1cc(Br)cc(C)c1=O. The largest absolute Gasteiger partial charge is 0.495 e. The van der Waals surface area contributed by atoms with E-state index in [0.717, 1.165) is 10.0 Å². The molecule has 0 atom stereocenters. The van der Waals surface area contributed by atoms with Gasteiger partial charge in [-0.2, -0.15) is 0 Å². The summed E-state index contributed by atoms with van der Waals surface area (Å²) < 4.78 is 7.31. The molecule has 0 unspecified atom stereocenters. The Morgan fingerprint density at radius 3 is 2.65 bits per heavy atom. The molecule has 0 aliphatic heterocycles. The van der Waals surface area contributed by atoms with E-state index in [1.54, 1.807) is 31.3 Å². The molecule has 5 nitrogen and oxygen atoms in total. The van der Waals surface area contributed by atoms with Crippen molar-refractivity contribution in [2.24, 2.45) is 0 Å². The molecule has 122 valence electrons. The lowest BCUT2D eigenvalue weighted by atomic mass is 10.2. The van der Waals surface area contributed by atoms with Crippen LogP contribution < -0.4 is 15.6 Å². The van der Waals surface area contributed by atoms with E-state index in [9.17, 15) is 9.59 Å². The Balaban J connectivity index is 2.24. The lowest BCUT2D eigenvalue weighted by Crippen LogP contribution is -2.28. The number of aromatic nitrogens is 1. The standard InChI is InChI=1S/C16H16BrClN2O3/c1-9-5-13(14(23-3)6-12(9)18)19-15(21)8-20-7-11(17)4-10(2)16(20)22/h4-7H,8H2,1-3H3,(H,19,21). The molecule has 0 aliphatic rings. The smallest absolute Gasteiger partial charge is 0.253 e. The molecule has 2 aromatic rings. The summed E-state index contributed by atoms with van der Waals surface area (Å²) in [6, 6.07) is 5.08. The van der Waals surface area contributed by atoms with E-state index in [4.69, 9.17) is 16.3 Å². The van der Waals surface area contributed by atoms with Crippen LogP contribution in [0.3, 0.4) is 0 Å². The molecule has 0 aliphatic carbocycles. The molecule has 0 bridgehead atoms. The van der Waals surface area contributed by atoms with Crippen LogP contribution in [0.5, 0.6) is 5.75 Å². The second-order valence-corrected chi connectivity index (χ2v) is 6.45. The Hall–Kier alpha value is -1.79. The molecule has 0 radical (unpaired) electrons. The first kappa shape index (κ1) is 17.6. The van der Waals surface area contributed by atoms with Crippen LogP contribution in [0.1, 0.15) is 11.1 Å². The van der Waals surface area contributed by atoms with Crippen molar-refractivity contribution in [1.29, 1.82) is 0 Å². The highest BCUT2D eigenvalue weighted by Gasteiger charge is 2.12. The fourth-order valence-electron chi connectivity index (χ4n) is 2.13. The first-order valence-corrected chi connectivity index (χ1v) is 7.99. The molecule has 1 aromatic heterocycles. The van der Waals surface area contributed by atoms with Gasteiger partial charge in [-0.3, -0.25) is 9.59 Å². The van der Waals surface area contributed by atoms with Gasteiger partial charge in [0.2, 0.25) is 5.91 Å². The van der Waals surface area contributed by atoms with Crippen molar-refractivity contribution in [1.82, 2.24) is 4.57 Å². The summed E-state index contributed by atoms with van der Waals surface area (Å²) in [6.07, 6.45) is 1.58. The van der Waals surface area contributed by atoms with Gasteiger partial charge in [-0.25, -0.2) is 0 Å². The van der Waals surface area contributed by atoms with E-state index in [-0.39, 0.29) is 18.0 Å². The number of pyridine rings is 1. The second-order valence-electron chi connectivity index (χ2n) is 5.12. The van der Waals surface area contributed by atoms with E-state index < -0.39 is 0 Å². The van der Waals surface area contributed by atoms with Crippen LogP contribution in [-0.2, 0) is 11.3 Å². The van der Waals surface area contributed by atoms with Gasteiger partial charge < -0.3 is 14.6 Å². The van der Waals surface area contributed by atoms with E-state index in [1.807, 2.05) is 6.92 Å². The summed E-state index contributed by atoms with van der Waals surface area (Å²) in [5, 5.41) is 3.30. The van der Waals surface area contributed by atoms with Crippen molar-refractivity contribution >= 4 is 39.1 Å². The molecule has 2 rings (SSSR count). The summed E-state index contributed by atoms with van der Waals surface area (Å²) >= 11 is 9.36. The molecule has 7 heteroatoms. The Morgan fingerprint density at radius 1 is 1.30 bits per heavy atom. The Kier molecular flexibility index (Phi) is 5.49. The van der Waals surface area contributed by atoms with Crippen LogP contribution in [0.15, 0.2) is 33.7 Å². The van der Waals surface area contributed by atoms with Gasteiger partial charge in [-0.15, -0.1) is 0 Å². The third kappa shape index (κ3) is 4.14. The number of benzene rings is 1. The fourth-order valence-corrected chi connectivity index (χ4v) is 2.88. The lowest BCUT2D eigenvalue weighted by molar-refractivity contribution is -0.116. The highest BCUT2D eigenvalue weighted by Crippen LogP contribution is 2.30. The molecular weight excluding hydrogens is 384 g/mol. The van der Waals surface area contributed by atoms with Gasteiger partial charge in [0.15, 0.2) is 0 Å². The number of carbonyl (C=O) groups is 1. The van der Waals surface area contributed by atoms with Crippen molar-refractivity contribution in [3.05, 3.63) is 55.4 Å². The number of aryl methyl sites for hydroxylation is 2. The van der Waals surface area contributed by atoms with E-state index >= 15 is 0 Å². The Bertz CT molecular complexity index is 818. The molecular formula is C16H16BrClN2O3. The predicted octanol–water partition coefficient (Wildman–Crippen LogP) is 3.53. The van der Waals surface area contributed by atoms with Gasteiger partial charge in [0.05, 0.1) is 12.8 Å². The zero-order valence-corrected chi connectivity index (χ0v) is 15.3. The molecule has 0 fully saturated rings. The van der Waals surface area contributed by atoms with Crippen molar-refractivity contribution in [2.75, 3.05) is 12.4 Å². The normalized spacial score (nSPS) is 10.5. The van der Waals surface area contributed by atoms with Gasteiger partial charge in [0, 0.05) is 27.3 Å². The first-order chi connectivity index (χ1) is 10.8. The maximum Gasteiger partial charge on any atom is 0.253 e. The van der Waals surface area contributed by atoms with Gasteiger partial charge in [-0.1, -0.05) is 11.6 Å². The predicted molar refractivity (Wildman–Crippen MR) is 94.5 cm³/mol. The van der Waals surface area contributed by atoms with Crippen LogP contribution >= 0.6 is 27.5 Å². The molecule has 1 N–H and O–H groups in total. The summed E-state index contributed by atoms with van der Waals surface area (Å²) in [6.45, 7) is 3.44. The summed E-state index contributed by atoms with van der Waals surface area (Å²) in [5.74, 6) is 0.136. The third-order valence-electron chi connectivity index (χ3n) is 3.30. The summed E-state index contributed by atoms with van der Waals surface area (Å²) in [7, 11) is 1.50. The number of amides is 1. The van der Waals surface area contributed by atoms with Gasteiger partial charge in [0.1, 0.15) is 12.3 Å². The average Bonchev–Trinajstić information content (AvgIpc) is 2.47. The number of rotatable bonds is 4. The molecule has 0 saturated carbocycles. The van der Waals surface area contributed by atoms with E-state index in [0.29, 0.717) is 22.0 Å². The summed E-state index contributed by atoms with van der Waals surface area (Å²) in [4.78, 5) is 24.3. The number of nitrogens with one attached hydrogen (secondary N) is 1. The fraction of sp³-hybridized carbons (Fsp3) is 0.250. The summed E-state index contributed by atoms with van der Waals surface area (Å²) in [5.41, 5.74) is 1.69. The molecule has 0 spiro atoms. The monoisotopic (exact) mass is 398 g/mol. The highest BCUT2D eigenvalue weighted by molar-refractivity contribution is 9.10. The molecule has 1 aromatic carbocycles. The molecule has 1 heterocycles. The second kappa shape index (κ2) is 7.19. The number of hydrogen-bond donors (Lipinski definition) is 1. The Labute approximate surface area is 147 Å². The minimum Gasteiger partial charge on any atom is -0.495 e. The third-order valence-corrected chi connectivity index (χ3v) is 4.14. The van der Waals surface area contributed by atoms with Crippen molar-refractivity contribution in [3.63, 3.8) is 0 Å².